The normalized spacial score (nSPS) is 13.2. The van der Waals surface area contributed by atoms with E-state index in [-0.39, 0.29) is 22.5 Å². The number of anilines is 2. The van der Waals surface area contributed by atoms with E-state index in [1.54, 1.807) is 24.3 Å². The largest absolute Gasteiger partial charge is 0.494 e. The Balaban J connectivity index is 1.58. The van der Waals surface area contributed by atoms with E-state index in [0.717, 1.165) is 10.4 Å². The average molecular weight is 446 g/mol. The Bertz CT molecular complexity index is 1200. The average Bonchev–Trinajstić information content (AvgIpc) is 3.07. The Labute approximate surface area is 177 Å². The van der Waals surface area contributed by atoms with Gasteiger partial charge in [-0.3, -0.25) is 9.52 Å². The summed E-state index contributed by atoms with van der Waals surface area (Å²) in [5, 5.41) is 3.02. The van der Waals surface area contributed by atoms with Gasteiger partial charge in [0.25, 0.3) is 15.9 Å². The van der Waals surface area contributed by atoms with Gasteiger partial charge in [0, 0.05) is 10.4 Å². The molecule has 1 amide bonds. The highest BCUT2D eigenvalue weighted by Gasteiger charge is 2.20. The van der Waals surface area contributed by atoms with Crippen molar-refractivity contribution in [3.05, 3.63) is 47.3 Å². The van der Waals surface area contributed by atoms with Crippen LogP contribution in [0.1, 0.15) is 11.8 Å². The summed E-state index contributed by atoms with van der Waals surface area (Å²) in [7, 11) is -3.79. The van der Waals surface area contributed by atoms with Crippen molar-refractivity contribution in [1.82, 2.24) is 4.98 Å². The van der Waals surface area contributed by atoms with Crippen LogP contribution in [0, 0.1) is 6.92 Å². The van der Waals surface area contributed by atoms with Crippen LogP contribution < -0.4 is 19.5 Å². The third-order valence-electron chi connectivity index (χ3n) is 4.35. The number of ether oxygens (including phenoxy) is 2. The highest BCUT2D eigenvalue weighted by molar-refractivity contribution is 7.93. The Morgan fingerprint density at radius 2 is 2.00 bits per heavy atom. The molecule has 2 heterocycles. The SMILES string of the molecule is CCOc1ccc(S(=O)(=O)Nc2nc(-c3ccc4c(c3)NC(=O)CO4)c(C)s2)cc1. The zero-order chi connectivity index (χ0) is 21.3. The number of carbonyl (C=O) groups excluding carboxylic acids is 1. The first-order valence-electron chi connectivity index (χ1n) is 9.16. The minimum atomic E-state index is -3.79. The van der Waals surface area contributed by atoms with E-state index in [2.05, 4.69) is 15.0 Å². The minimum Gasteiger partial charge on any atom is -0.494 e. The van der Waals surface area contributed by atoms with Crippen LogP contribution in [0.4, 0.5) is 10.8 Å². The number of hydrogen-bond donors (Lipinski definition) is 2. The Morgan fingerprint density at radius 3 is 2.73 bits per heavy atom. The van der Waals surface area contributed by atoms with E-state index in [0.29, 0.717) is 29.5 Å². The van der Waals surface area contributed by atoms with Crippen LogP contribution in [-0.4, -0.2) is 32.5 Å². The van der Waals surface area contributed by atoms with Gasteiger partial charge < -0.3 is 14.8 Å². The van der Waals surface area contributed by atoms with Crippen molar-refractivity contribution in [1.29, 1.82) is 0 Å². The maximum absolute atomic E-state index is 12.7. The van der Waals surface area contributed by atoms with Crippen molar-refractivity contribution in [3.63, 3.8) is 0 Å². The molecule has 10 heteroatoms. The molecule has 0 saturated carbocycles. The van der Waals surface area contributed by atoms with Gasteiger partial charge in [-0.15, -0.1) is 11.3 Å². The van der Waals surface area contributed by atoms with Crippen molar-refractivity contribution in [2.45, 2.75) is 18.7 Å². The molecule has 0 spiro atoms. The monoisotopic (exact) mass is 445 g/mol. The maximum Gasteiger partial charge on any atom is 0.263 e. The summed E-state index contributed by atoms with van der Waals surface area (Å²) < 4.78 is 38.7. The summed E-state index contributed by atoms with van der Waals surface area (Å²) in [6.07, 6.45) is 0. The van der Waals surface area contributed by atoms with Gasteiger partial charge in [-0.05, 0) is 56.3 Å². The Morgan fingerprint density at radius 1 is 1.23 bits per heavy atom. The van der Waals surface area contributed by atoms with E-state index < -0.39 is 10.0 Å². The number of sulfonamides is 1. The van der Waals surface area contributed by atoms with Crippen LogP contribution >= 0.6 is 11.3 Å². The lowest BCUT2D eigenvalue weighted by atomic mass is 10.1. The van der Waals surface area contributed by atoms with Gasteiger partial charge in [0.1, 0.15) is 11.5 Å². The predicted molar refractivity (Wildman–Crippen MR) is 115 cm³/mol. The lowest BCUT2D eigenvalue weighted by Gasteiger charge is -2.18. The van der Waals surface area contributed by atoms with Gasteiger partial charge in [0.15, 0.2) is 11.7 Å². The van der Waals surface area contributed by atoms with Crippen molar-refractivity contribution >= 4 is 38.1 Å². The van der Waals surface area contributed by atoms with E-state index in [4.69, 9.17) is 9.47 Å². The van der Waals surface area contributed by atoms with Gasteiger partial charge in [-0.1, -0.05) is 0 Å². The molecule has 156 valence electrons. The highest BCUT2D eigenvalue weighted by atomic mass is 32.2. The number of nitrogens with one attached hydrogen (secondary N) is 2. The van der Waals surface area contributed by atoms with Gasteiger partial charge in [0.2, 0.25) is 0 Å². The number of amides is 1. The first-order chi connectivity index (χ1) is 14.4. The van der Waals surface area contributed by atoms with Gasteiger partial charge in [0.05, 0.1) is 22.9 Å². The molecule has 0 radical (unpaired) electrons. The second kappa shape index (κ2) is 7.96. The van der Waals surface area contributed by atoms with Crippen molar-refractivity contribution < 1.29 is 22.7 Å². The molecule has 0 fully saturated rings. The van der Waals surface area contributed by atoms with Gasteiger partial charge in [-0.25, -0.2) is 13.4 Å². The number of carbonyl (C=O) groups is 1. The summed E-state index contributed by atoms with van der Waals surface area (Å²) >= 11 is 1.24. The number of hydrogen-bond acceptors (Lipinski definition) is 7. The fourth-order valence-electron chi connectivity index (χ4n) is 2.99. The second-order valence-corrected chi connectivity index (χ2v) is 9.37. The standard InChI is InChI=1S/C20H19N3O5S2/c1-3-27-14-5-7-15(8-6-14)30(25,26)23-20-22-19(12(2)29-20)13-4-9-17-16(10-13)21-18(24)11-28-17/h4-10H,3,11H2,1-2H3,(H,21,24)(H,22,23). The molecule has 3 aromatic rings. The second-order valence-electron chi connectivity index (χ2n) is 6.48. The van der Waals surface area contributed by atoms with E-state index in [1.807, 2.05) is 19.9 Å². The van der Waals surface area contributed by atoms with Crippen LogP contribution in [0.2, 0.25) is 0 Å². The smallest absolute Gasteiger partial charge is 0.263 e. The van der Waals surface area contributed by atoms with Crippen molar-refractivity contribution in [2.24, 2.45) is 0 Å². The maximum atomic E-state index is 12.7. The molecule has 4 rings (SSSR count). The Hall–Kier alpha value is -3.11. The fourth-order valence-corrected chi connectivity index (χ4v) is 5.06. The minimum absolute atomic E-state index is 0.0143. The molecular weight excluding hydrogens is 426 g/mol. The summed E-state index contributed by atoms with van der Waals surface area (Å²) in [5.74, 6) is 0.966. The molecular formula is C20H19N3O5S2. The first-order valence-corrected chi connectivity index (χ1v) is 11.5. The van der Waals surface area contributed by atoms with Gasteiger partial charge >= 0.3 is 0 Å². The molecule has 0 aliphatic carbocycles. The van der Waals surface area contributed by atoms with Crippen LogP contribution in [0.3, 0.4) is 0 Å². The quantitative estimate of drug-likeness (QED) is 0.600. The Kier molecular flexibility index (Phi) is 5.35. The summed E-state index contributed by atoms with van der Waals surface area (Å²) in [6, 6.07) is 11.5. The summed E-state index contributed by atoms with van der Waals surface area (Å²) in [4.78, 5) is 17.0. The van der Waals surface area contributed by atoms with Gasteiger partial charge in [-0.2, -0.15) is 0 Å². The zero-order valence-electron chi connectivity index (χ0n) is 16.3. The zero-order valence-corrected chi connectivity index (χ0v) is 17.9. The molecule has 1 aliphatic rings. The van der Waals surface area contributed by atoms with E-state index in [1.165, 1.54) is 23.5 Å². The first kappa shape index (κ1) is 20.2. The van der Waals surface area contributed by atoms with Crippen LogP contribution in [0.15, 0.2) is 47.4 Å². The molecule has 1 aliphatic heterocycles. The number of aryl methyl sites for hydroxylation is 1. The molecule has 30 heavy (non-hydrogen) atoms. The summed E-state index contributed by atoms with van der Waals surface area (Å²) in [5.41, 5.74) is 1.94. The lowest BCUT2D eigenvalue weighted by molar-refractivity contribution is -0.118. The number of rotatable bonds is 6. The van der Waals surface area contributed by atoms with Crippen LogP contribution in [0.5, 0.6) is 11.5 Å². The number of aromatic nitrogens is 1. The topological polar surface area (TPSA) is 107 Å². The number of thiazole rings is 1. The van der Waals surface area contributed by atoms with Crippen LogP contribution in [0.25, 0.3) is 11.3 Å². The molecule has 2 N–H and O–H groups in total. The van der Waals surface area contributed by atoms with Crippen molar-refractivity contribution in [3.8, 4) is 22.8 Å². The van der Waals surface area contributed by atoms with E-state index >= 15 is 0 Å². The summed E-state index contributed by atoms with van der Waals surface area (Å²) in [6.45, 7) is 4.21. The number of nitrogens with zero attached hydrogens (tertiary/aromatic N) is 1. The molecule has 0 unspecified atom stereocenters. The number of benzene rings is 2. The third kappa shape index (κ3) is 4.10. The van der Waals surface area contributed by atoms with Crippen molar-refractivity contribution in [2.75, 3.05) is 23.3 Å². The highest BCUT2D eigenvalue weighted by Crippen LogP contribution is 2.36. The predicted octanol–water partition coefficient (Wildman–Crippen LogP) is 3.65. The molecule has 0 saturated heterocycles. The van der Waals surface area contributed by atoms with E-state index in [9.17, 15) is 13.2 Å². The molecule has 8 nitrogen and oxygen atoms in total. The lowest BCUT2D eigenvalue weighted by Crippen LogP contribution is -2.25. The number of fused-ring (bicyclic) bond motifs is 1. The molecule has 0 atom stereocenters. The third-order valence-corrected chi connectivity index (χ3v) is 6.72. The fraction of sp³-hybridized carbons (Fsp3) is 0.200. The molecule has 2 aromatic carbocycles. The molecule has 1 aromatic heterocycles. The molecule has 0 bridgehead atoms. The van der Waals surface area contributed by atoms with Crippen LogP contribution in [-0.2, 0) is 14.8 Å².